The van der Waals surface area contributed by atoms with Crippen LogP contribution < -0.4 is 0 Å². The maximum atomic E-state index is 12.9. The molecule has 0 N–H and O–H groups in total. The summed E-state index contributed by atoms with van der Waals surface area (Å²) in [6.45, 7) is 1.67. The summed E-state index contributed by atoms with van der Waals surface area (Å²) in [5.74, 6) is 0.0680. The highest BCUT2D eigenvalue weighted by molar-refractivity contribution is 5.93. The number of amides is 1. The van der Waals surface area contributed by atoms with Crippen LogP contribution in [0.4, 0.5) is 0 Å². The van der Waals surface area contributed by atoms with Gasteiger partial charge in [0.1, 0.15) is 5.69 Å². The molecule has 4 nitrogen and oxygen atoms in total. The van der Waals surface area contributed by atoms with Crippen LogP contribution in [0.5, 0.6) is 0 Å². The van der Waals surface area contributed by atoms with Crippen LogP contribution in [-0.4, -0.2) is 46.8 Å². The lowest BCUT2D eigenvalue weighted by Crippen LogP contribution is -2.46. The fraction of sp³-hybridized carbons (Fsp3) is 0.286. The molecule has 1 atom stereocenters. The Morgan fingerprint density at radius 3 is 2.68 bits per heavy atom. The first-order chi connectivity index (χ1) is 12.1. The van der Waals surface area contributed by atoms with Crippen molar-refractivity contribution < 1.29 is 4.79 Å². The van der Waals surface area contributed by atoms with Gasteiger partial charge in [-0.25, -0.2) is 0 Å². The van der Waals surface area contributed by atoms with Crippen molar-refractivity contribution >= 4 is 11.4 Å². The van der Waals surface area contributed by atoms with Gasteiger partial charge in [-0.05, 0) is 48.9 Å². The Labute approximate surface area is 148 Å². The van der Waals surface area contributed by atoms with Gasteiger partial charge in [-0.1, -0.05) is 30.3 Å². The largest absolute Gasteiger partial charge is 0.339 e. The van der Waals surface area contributed by atoms with Gasteiger partial charge in [-0.2, -0.15) is 0 Å². The van der Waals surface area contributed by atoms with Crippen LogP contribution in [0.1, 0.15) is 21.6 Å². The fourth-order valence-corrected chi connectivity index (χ4v) is 3.75. The Hall–Kier alpha value is -2.59. The zero-order valence-corrected chi connectivity index (χ0v) is 14.7. The van der Waals surface area contributed by atoms with Crippen LogP contribution in [0.3, 0.4) is 0 Å². The summed E-state index contributed by atoms with van der Waals surface area (Å²) < 4.78 is 1.96. The number of fused-ring (bicyclic) bond motifs is 2. The number of pyridine rings is 1. The number of nitrogens with zero attached hydrogens (tertiary/aromatic N) is 3. The molecule has 0 aliphatic carbocycles. The third kappa shape index (κ3) is 2.94. The van der Waals surface area contributed by atoms with E-state index in [0.29, 0.717) is 6.04 Å². The predicted octanol–water partition coefficient (Wildman–Crippen LogP) is 3.07. The molecule has 0 saturated carbocycles. The van der Waals surface area contributed by atoms with Gasteiger partial charge >= 0.3 is 0 Å². The van der Waals surface area contributed by atoms with E-state index in [1.165, 1.54) is 11.1 Å². The maximum Gasteiger partial charge on any atom is 0.270 e. The van der Waals surface area contributed by atoms with Crippen molar-refractivity contribution in [2.24, 2.45) is 0 Å². The van der Waals surface area contributed by atoms with Crippen molar-refractivity contribution in [2.75, 3.05) is 20.6 Å². The number of carbonyl (C=O) groups excluding carboxylic acids is 1. The number of hydrogen-bond acceptors (Lipinski definition) is 2. The molecule has 4 rings (SSSR count). The summed E-state index contributed by atoms with van der Waals surface area (Å²) >= 11 is 0. The third-order valence-electron chi connectivity index (χ3n) is 5.23. The van der Waals surface area contributed by atoms with Crippen LogP contribution in [0.15, 0.2) is 60.8 Å². The van der Waals surface area contributed by atoms with Gasteiger partial charge in [-0.3, -0.25) is 9.69 Å². The Bertz CT molecular complexity index is 914. The minimum atomic E-state index is 0.0680. The summed E-state index contributed by atoms with van der Waals surface area (Å²) in [5.41, 5.74) is 4.56. The normalized spacial score (nSPS) is 17.4. The van der Waals surface area contributed by atoms with E-state index in [-0.39, 0.29) is 5.91 Å². The number of benzene rings is 1. The maximum absolute atomic E-state index is 12.9. The lowest BCUT2D eigenvalue weighted by atomic mass is 9.94. The van der Waals surface area contributed by atoms with E-state index >= 15 is 0 Å². The van der Waals surface area contributed by atoms with Crippen molar-refractivity contribution in [3.8, 4) is 0 Å². The molecule has 0 saturated heterocycles. The van der Waals surface area contributed by atoms with E-state index in [9.17, 15) is 4.79 Å². The molecule has 3 aromatic rings. The van der Waals surface area contributed by atoms with Gasteiger partial charge in [0.2, 0.25) is 0 Å². The fourth-order valence-electron chi connectivity index (χ4n) is 3.75. The summed E-state index contributed by atoms with van der Waals surface area (Å²) in [6, 6.07) is 18.8. The molecule has 3 heterocycles. The SMILES string of the molecule is CN(CC1Cc2ccccc2CN1C)C(=O)c1ccc2ccccn12. The van der Waals surface area contributed by atoms with Crippen molar-refractivity contribution in [1.29, 1.82) is 0 Å². The summed E-state index contributed by atoms with van der Waals surface area (Å²) in [5, 5.41) is 0. The van der Waals surface area contributed by atoms with E-state index in [2.05, 4.69) is 36.2 Å². The van der Waals surface area contributed by atoms with Gasteiger partial charge in [0.25, 0.3) is 5.91 Å². The quantitative estimate of drug-likeness (QED) is 0.737. The molecule has 1 unspecified atom stereocenters. The average molecular weight is 333 g/mol. The third-order valence-corrected chi connectivity index (χ3v) is 5.23. The molecule has 25 heavy (non-hydrogen) atoms. The monoisotopic (exact) mass is 333 g/mol. The molecule has 1 aliphatic heterocycles. The molecule has 0 radical (unpaired) electrons. The Balaban J connectivity index is 1.52. The standard InChI is InChI=1S/C21H23N3O/c1-22-14-17-8-4-3-7-16(17)13-19(22)15-23(2)21(25)20-11-10-18-9-5-6-12-24(18)20/h3-12,19H,13-15H2,1-2H3. The molecule has 4 heteroatoms. The van der Waals surface area contributed by atoms with Gasteiger partial charge in [0, 0.05) is 37.9 Å². The topological polar surface area (TPSA) is 28.0 Å². The second-order valence-electron chi connectivity index (χ2n) is 6.94. The lowest BCUT2D eigenvalue weighted by Gasteiger charge is -2.36. The smallest absolute Gasteiger partial charge is 0.270 e. The molecule has 0 bridgehead atoms. The zero-order chi connectivity index (χ0) is 17.4. The van der Waals surface area contributed by atoms with Crippen molar-refractivity contribution in [3.05, 3.63) is 77.6 Å². The summed E-state index contributed by atoms with van der Waals surface area (Å²) in [6.07, 6.45) is 2.93. The molecule has 0 fully saturated rings. The van der Waals surface area contributed by atoms with Crippen LogP contribution in [0.2, 0.25) is 0 Å². The minimum absolute atomic E-state index is 0.0680. The van der Waals surface area contributed by atoms with Crippen molar-refractivity contribution in [1.82, 2.24) is 14.2 Å². The van der Waals surface area contributed by atoms with Gasteiger partial charge in [0.05, 0.1) is 0 Å². The lowest BCUT2D eigenvalue weighted by molar-refractivity contribution is 0.0727. The predicted molar refractivity (Wildman–Crippen MR) is 99.8 cm³/mol. The van der Waals surface area contributed by atoms with E-state index in [1.807, 2.05) is 52.9 Å². The first kappa shape index (κ1) is 15.9. The highest BCUT2D eigenvalue weighted by atomic mass is 16.2. The van der Waals surface area contributed by atoms with Gasteiger partial charge < -0.3 is 9.30 Å². The Morgan fingerprint density at radius 1 is 1.08 bits per heavy atom. The number of hydrogen-bond donors (Lipinski definition) is 0. The van der Waals surface area contributed by atoms with E-state index in [4.69, 9.17) is 0 Å². The van der Waals surface area contributed by atoms with Crippen LogP contribution in [0.25, 0.3) is 5.52 Å². The van der Waals surface area contributed by atoms with Crippen molar-refractivity contribution in [2.45, 2.75) is 19.0 Å². The number of rotatable bonds is 3. The number of carbonyl (C=O) groups is 1. The highest BCUT2D eigenvalue weighted by Crippen LogP contribution is 2.22. The van der Waals surface area contributed by atoms with E-state index in [1.54, 1.807) is 0 Å². The van der Waals surface area contributed by atoms with Crippen molar-refractivity contribution in [3.63, 3.8) is 0 Å². The number of aromatic nitrogens is 1. The molecule has 1 aromatic carbocycles. The Morgan fingerprint density at radius 2 is 1.84 bits per heavy atom. The average Bonchev–Trinajstić information content (AvgIpc) is 3.05. The minimum Gasteiger partial charge on any atom is -0.339 e. The molecule has 2 aromatic heterocycles. The first-order valence-corrected chi connectivity index (χ1v) is 8.72. The van der Waals surface area contributed by atoms with E-state index in [0.717, 1.165) is 30.7 Å². The summed E-state index contributed by atoms with van der Waals surface area (Å²) in [4.78, 5) is 17.1. The highest BCUT2D eigenvalue weighted by Gasteiger charge is 2.26. The van der Waals surface area contributed by atoms with E-state index < -0.39 is 0 Å². The molecule has 0 spiro atoms. The molecule has 1 amide bonds. The van der Waals surface area contributed by atoms with Gasteiger partial charge in [0.15, 0.2) is 0 Å². The molecular formula is C21H23N3O. The molecule has 128 valence electrons. The van der Waals surface area contributed by atoms with Gasteiger partial charge in [-0.15, -0.1) is 0 Å². The van der Waals surface area contributed by atoms with Crippen LogP contribution in [0, 0.1) is 0 Å². The van der Waals surface area contributed by atoms with Crippen LogP contribution >= 0.6 is 0 Å². The molecule has 1 aliphatic rings. The second-order valence-corrected chi connectivity index (χ2v) is 6.94. The first-order valence-electron chi connectivity index (χ1n) is 8.72. The molecular weight excluding hydrogens is 310 g/mol. The number of likely N-dealkylation sites (N-methyl/N-ethyl adjacent to an activating group) is 2. The summed E-state index contributed by atoms with van der Waals surface area (Å²) in [7, 11) is 4.05. The van der Waals surface area contributed by atoms with Crippen LogP contribution in [-0.2, 0) is 13.0 Å². The zero-order valence-electron chi connectivity index (χ0n) is 14.7. The Kier molecular flexibility index (Phi) is 4.06. The second kappa shape index (κ2) is 6.37.